The Balaban J connectivity index is 2.38. The van der Waals surface area contributed by atoms with Gasteiger partial charge in [0.25, 0.3) is 0 Å². The maximum absolute atomic E-state index is 11.6. The minimum Gasteiger partial charge on any atom is -0.496 e. The first kappa shape index (κ1) is 13.9. The number of ether oxygens (including phenoxy) is 3. The zero-order chi connectivity index (χ0) is 13.9. The van der Waals surface area contributed by atoms with Crippen LogP contribution in [0.2, 0.25) is 0 Å². The first-order chi connectivity index (χ1) is 9.15. The van der Waals surface area contributed by atoms with Gasteiger partial charge in [0, 0.05) is 5.56 Å². The number of carbonyl (C=O) groups is 1. The van der Waals surface area contributed by atoms with Gasteiger partial charge in [0.05, 0.1) is 39.3 Å². The number of rotatable bonds is 5. The average molecular weight is 264 g/mol. The summed E-state index contributed by atoms with van der Waals surface area (Å²) >= 11 is 0. The van der Waals surface area contributed by atoms with Gasteiger partial charge in [0.1, 0.15) is 5.75 Å². The van der Waals surface area contributed by atoms with Crippen molar-refractivity contribution in [1.82, 2.24) is 0 Å². The molecule has 0 bridgehead atoms. The summed E-state index contributed by atoms with van der Waals surface area (Å²) in [5.74, 6) is 0.594. The van der Waals surface area contributed by atoms with Crippen molar-refractivity contribution in [1.29, 1.82) is 0 Å². The van der Waals surface area contributed by atoms with E-state index in [0.29, 0.717) is 19.6 Å². The number of hydrogen-bond donors (Lipinski definition) is 0. The van der Waals surface area contributed by atoms with Gasteiger partial charge in [0.15, 0.2) is 0 Å². The van der Waals surface area contributed by atoms with Gasteiger partial charge in [-0.05, 0) is 18.1 Å². The highest BCUT2D eigenvalue weighted by molar-refractivity contribution is 5.72. The van der Waals surface area contributed by atoms with Gasteiger partial charge < -0.3 is 14.2 Å². The van der Waals surface area contributed by atoms with E-state index in [1.165, 1.54) is 12.7 Å². The number of methoxy groups -OCH3 is 2. The van der Waals surface area contributed by atoms with Crippen LogP contribution in [0.5, 0.6) is 5.75 Å². The molecule has 4 nitrogen and oxygen atoms in total. The first-order valence-electron chi connectivity index (χ1n) is 6.47. The Morgan fingerprint density at radius 1 is 1.37 bits per heavy atom. The second kappa shape index (κ2) is 5.61. The lowest BCUT2D eigenvalue weighted by molar-refractivity contribution is -0.148. The molecule has 104 valence electrons. The van der Waals surface area contributed by atoms with E-state index in [-0.39, 0.29) is 11.4 Å². The summed E-state index contributed by atoms with van der Waals surface area (Å²) in [6, 6.07) is 6.13. The van der Waals surface area contributed by atoms with Crippen molar-refractivity contribution in [3.63, 3.8) is 0 Å². The molecule has 0 radical (unpaired) electrons. The molecule has 0 aliphatic carbocycles. The highest BCUT2D eigenvalue weighted by Gasteiger charge is 2.44. The molecular formula is C15H20O4. The Bertz CT molecular complexity index is 463. The van der Waals surface area contributed by atoms with E-state index >= 15 is 0 Å². The number of carbonyl (C=O) groups excluding carboxylic acids is 1. The molecule has 19 heavy (non-hydrogen) atoms. The Labute approximate surface area is 113 Å². The summed E-state index contributed by atoms with van der Waals surface area (Å²) in [4.78, 5) is 11.6. The quantitative estimate of drug-likeness (QED) is 0.764. The van der Waals surface area contributed by atoms with E-state index < -0.39 is 0 Å². The van der Waals surface area contributed by atoms with E-state index in [2.05, 4.69) is 13.0 Å². The molecule has 0 spiro atoms. The summed E-state index contributed by atoms with van der Waals surface area (Å²) in [6.45, 7) is 3.17. The second-order valence-corrected chi connectivity index (χ2v) is 4.91. The second-order valence-electron chi connectivity index (χ2n) is 4.91. The van der Waals surface area contributed by atoms with E-state index in [9.17, 15) is 4.79 Å². The van der Waals surface area contributed by atoms with Crippen LogP contribution in [0, 0.1) is 0 Å². The predicted octanol–water partition coefficient (Wildman–Crippen LogP) is 2.09. The zero-order valence-electron chi connectivity index (χ0n) is 11.7. The van der Waals surface area contributed by atoms with E-state index in [0.717, 1.165) is 17.7 Å². The summed E-state index contributed by atoms with van der Waals surface area (Å²) in [5.41, 5.74) is 1.97. The highest BCUT2D eigenvalue weighted by Crippen LogP contribution is 2.41. The highest BCUT2D eigenvalue weighted by atomic mass is 16.5. The van der Waals surface area contributed by atoms with Crippen molar-refractivity contribution >= 4 is 5.97 Å². The molecule has 1 saturated heterocycles. The van der Waals surface area contributed by atoms with Crippen molar-refractivity contribution in [2.75, 3.05) is 27.4 Å². The average Bonchev–Trinajstić information content (AvgIpc) is 2.41. The lowest BCUT2D eigenvalue weighted by Crippen LogP contribution is -2.48. The van der Waals surface area contributed by atoms with Gasteiger partial charge in [-0.25, -0.2) is 0 Å². The van der Waals surface area contributed by atoms with Crippen LogP contribution in [-0.2, 0) is 26.1 Å². The molecular weight excluding hydrogens is 244 g/mol. The normalized spacial score (nSPS) is 16.6. The van der Waals surface area contributed by atoms with Gasteiger partial charge in [-0.3, -0.25) is 4.79 Å². The maximum atomic E-state index is 11.6. The lowest BCUT2D eigenvalue weighted by Gasteiger charge is -2.41. The van der Waals surface area contributed by atoms with Crippen molar-refractivity contribution < 1.29 is 19.0 Å². The van der Waals surface area contributed by atoms with Crippen LogP contribution >= 0.6 is 0 Å². The smallest absolute Gasteiger partial charge is 0.306 e. The fourth-order valence-electron chi connectivity index (χ4n) is 2.44. The molecule has 1 fully saturated rings. The molecule has 1 aliphatic heterocycles. The van der Waals surface area contributed by atoms with E-state index in [1.807, 2.05) is 12.1 Å². The third kappa shape index (κ3) is 2.59. The van der Waals surface area contributed by atoms with E-state index in [1.54, 1.807) is 7.11 Å². The van der Waals surface area contributed by atoms with Gasteiger partial charge in [-0.1, -0.05) is 19.1 Å². The summed E-state index contributed by atoms with van der Waals surface area (Å²) < 4.78 is 15.6. The summed E-state index contributed by atoms with van der Waals surface area (Å²) in [5, 5.41) is 0. The molecule has 1 aromatic rings. The van der Waals surface area contributed by atoms with Gasteiger partial charge in [0.2, 0.25) is 0 Å². The molecule has 0 saturated carbocycles. The van der Waals surface area contributed by atoms with Crippen LogP contribution < -0.4 is 4.74 Å². The molecule has 0 N–H and O–H groups in total. The predicted molar refractivity (Wildman–Crippen MR) is 71.5 cm³/mol. The Morgan fingerprint density at radius 3 is 2.58 bits per heavy atom. The Hall–Kier alpha value is -1.55. The monoisotopic (exact) mass is 264 g/mol. The third-order valence-corrected chi connectivity index (χ3v) is 3.71. The van der Waals surface area contributed by atoms with Crippen molar-refractivity contribution in [2.24, 2.45) is 0 Å². The molecule has 0 atom stereocenters. The molecule has 2 rings (SSSR count). The SMILES string of the molecule is CCc1ccc(OC)c(C2(CC(=O)OC)COC2)c1. The van der Waals surface area contributed by atoms with Gasteiger partial charge in [-0.2, -0.15) is 0 Å². The van der Waals surface area contributed by atoms with Crippen LogP contribution in [0.15, 0.2) is 18.2 Å². The van der Waals surface area contributed by atoms with Crippen LogP contribution in [-0.4, -0.2) is 33.4 Å². The number of benzene rings is 1. The molecule has 1 aliphatic rings. The lowest BCUT2D eigenvalue weighted by atomic mass is 9.75. The van der Waals surface area contributed by atoms with Crippen LogP contribution in [0.3, 0.4) is 0 Å². The maximum Gasteiger partial charge on any atom is 0.306 e. The fraction of sp³-hybridized carbons (Fsp3) is 0.533. The number of esters is 1. The standard InChI is InChI=1S/C15H20O4/c1-4-11-5-6-13(17-2)12(7-11)15(9-19-10-15)8-14(16)18-3/h5-7H,4,8-10H2,1-3H3. The largest absolute Gasteiger partial charge is 0.496 e. The molecule has 1 aromatic carbocycles. The third-order valence-electron chi connectivity index (χ3n) is 3.71. The fourth-order valence-corrected chi connectivity index (χ4v) is 2.44. The van der Waals surface area contributed by atoms with Crippen molar-refractivity contribution in [3.8, 4) is 5.75 Å². The van der Waals surface area contributed by atoms with Crippen molar-refractivity contribution in [3.05, 3.63) is 29.3 Å². The number of aryl methyl sites for hydroxylation is 1. The van der Waals surface area contributed by atoms with Crippen molar-refractivity contribution in [2.45, 2.75) is 25.2 Å². The summed E-state index contributed by atoms with van der Waals surface area (Å²) in [7, 11) is 3.06. The van der Waals surface area contributed by atoms with E-state index in [4.69, 9.17) is 14.2 Å². The Morgan fingerprint density at radius 2 is 2.11 bits per heavy atom. The minimum atomic E-state index is -0.302. The van der Waals surface area contributed by atoms with Crippen LogP contribution in [0.1, 0.15) is 24.5 Å². The topological polar surface area (TPSA) is 44.8 Å². The molecule has 4 heteroatoms. The zero-order valence-corrected chi connectivity index (χ0v) is 11.7. The molecule has 1 heterocycles. The summed E-state index contributed by atoms with van der Waals surface area (Å²) in [6.07, 6.45) is 1.28. The van der Waals surface area contributed by atoms with Crippen LogP contribution in [0.4, 0.5) is 0 Å². The number of hydrogen-bond acceptors (Lipinski definition) is 4. The molecule has 0 unspecified atom stereocenters. The van der Waals surface area contributed by atoms with Gasteiger partial charge in [-0.15, -0.1) is 0 Å². The van der Waals surface area contributed by atoms with Gasteiger partial charge >= 0.3 is 5.97 Å². The minimum absolute atomic E-state index is 0.216. The molecule has 0 amide bonds. The molecule has 0 aromatic heterocycles. The van der Waals surface area contributed by atoms with Crippen LogP contribution in [0.25, 0.3) is 0 Å². The Kier molecular flexibility index (Phi) is 4.10. The first-order valence-corrected chi connectivity index (χ1v) is 6.47.